The third-order valence-corrected chi connectivity index (χ3v) is 4.49. The molecule has 2 aromatic carbocycles. The third-order valence-electron chi connectivity index (χ3n) is 4.49. The lowest BCUT2D eigenvalue weighted by Crippen LogP contribution is -2.25. The van der Waals surface area contributed by atoms with E-state index in [2.05, 4.69) is 10.3 Å². The highest BCUT2D eigenvalue weighted by Gasteiger charge is 2.45. The SMILES string of the molecule is COC1=NN(C)[N+](=O)C1c1ccccc1CON=CCc1cccc(C(F)(F)F)c1. The molecule has 0 saturated heterocycles. The van der Waals surface area contributed by atoms with Gasteiger partial charge in [0, 0.05) is 23.8 Å². The van der Waals surface area contributed by atoms with E-state index in [1.54, 1.807) is 30.3 Å². The minimum Gasteiger partial charge on any atom is -0.461 e. The highest BCUT2D eigenvalue weighted by Crippen LogP contribution is 2.30. The molecule has 1 aliphatic rings. The van der Waals surface area contributed by atoms with Gasteiger partial charge < -0.3 is 9.57 Å². The molecule has 0 N–H and O–H groups in total. The number of hydrogen-bond donors (Lipinski definition) is 0. The molecular weight excluding hydrogens is 401 g/mol. The molecule has 7 nitrogen and oxygen atoms in total. The van der Waals surface area contributed by atoms with E-state index >= 15 is 0 Å². The van der Waals surface area contributed by atoms with Crippen LogP contribution in [0.25, 0.3) is 0 Å². The first-order valence-electron chi connectivity index (χ1n) is 9.01. The molecule has 158 valence electrons. The van der Waals surface area contributed by atoms with E-state index in [0.717, 1.165) is 17.3 Å². The number of hydrazone groups is 1. The fraction of sp³-hybridized carbons (Fsp3) is 0.300. The van der Waals surface area contributed by atoms with Crippen LogP contribution in [0.1, 0.15) is 28.3 Å². The van der Waals surface area contributed by atoms with Gasteiger partial charge >= 0.3 is 12.1 Å². The summed E-state index contributed by atoms with van der Waals surface area (Å²) in [5, 5.41) is 9.02. The second-order valence-corrected chi connectivity index (χ2v) is 6.50. The van der Waals surface area contributed by atoms with Gasteiger partial charge in [0.2, 0.25) is 0 Å². The molecule has 2 aromatic rings. The van der Waals surface area contributed by atoms with Crippen LogP contribution in [0.5, 0.6) is 0 Å². The number of nitroso groups, excluding NO2 is 1. The van der Waals surface area contributed by atoms with Crippen LogP contribution in [0.4, 0.5) is 13.2 Å². The lowest BCUT2D eigenvalue weighted by Gasteiger charge is -2.11. The average Bonchev–Trinajstić information content (AvgIpc) is 3.01. The fourth-order valence-electron chi connectivity index (χ4n) is 3.02. The zero-order chi connectivity index (χ0) is 21.7. The van der Waals surface area contributed by atoms with Crippen molar-refractivity contribution in [3.63, 3.8) is 0 Å². The standard InChI is InChI=1S/C20H20F3N4O3/c1-26-25-19(29-2)18(27(26)28)17-9-4-3-7-15(17)13-30-24-11-10-14-6-5-8-16(12-14)20(21,22)23/h3-9,11-12,18H,10,13H2,1-2H3/q+1. The maximum atomic E-state index is 12.8. The maximum absolute atomic E-state index is 12.8. The summed E-state index contributed by atoms with van der Waals surface area (Å²) >= 11 is 0. The maximum Gasteiger partial charge on any atom is 0.416 e. The Morgan fingerprint density at radius 2 is 2.00 bits per heavy atom. The summed E-state index contributed by atoms with van der Waals surface area (Å²) in [6.07, 6.45) is -2.81. The molecule has 0 spiro atoms. The van der Waals surface area contributed by atoms with E-state index in [1.165, 1.54) is 26.4 Å². The fourth-order valence-corrected chi connectivity index (χ4v) is 3.02. The van der Waals surface area contributed by atoms with Crippen molar-refractivity contribution in [3.8, 4) is 0 Å². The van der Waals surface area contributed by atoms with Gasteiger partial charge in [-0.2, -0.15) is 13.2 Å². The number of ether oxygens (including phenoxy) is 1. The second kappa shape index (κ2) is 8.93. The number of benzene rings is 2. The highest BCUT2D eigenvalue weighted by molar-refractivity contribution is 5.82. The van der Waals surface area contributed by atoms with Crippen molar-refractivity contribution in [2.75, 3.05) is 14.2 Å². The van der Waals surface area contributed by atoms with Crippen LogP contribution >= 0.6 is 0 Å². The first-order valence-corrected chi connectivity index (χ1v) is 9.01. The topological polar surface area (TPSA) is 66.5 Å². The van der Waals surface area contributed by atoms with Crippen molar-refractivity contribution < 1.29 is 27.6 Å². The van der Waals surface area contributed by atoms with Crippen molar-refractivity contribution in [1.82, 2.24) is 5.12 Å². The van der Waals surface area contributed by atoms with Crippen molar-refractivity contribution in [3.05, 3.63) is 75.7 Å². The minimum absolute atomic E-state index is 0.0698. The Hall–Kier alpha value is -3.43. The number of hydrazine groups is 1. The Kier molecular flexibility index (Phi) is 6.34. The van der Waals surface area contributed by atoms with Crippen molar-refractivity contribution in [1.29, 1.82) is 0 Å². The number of oxime groups is 1. The molecule has 0 bridgehead atoms. The smallest absolute Gasteiger partial charge is 0.416 e. The molecule has 0 saturated carbocycles. The summed E-state index contributed by atoms with van der Waals surface area (Å²) in [4.78, 5) is 18.3. The third kappa shape index (κ3) is 4.76. The summed E-state index contributed by atoms with van der Waals surface area (Å²) < 4.78 is 43.5. The minimum atomic E-state index is -4.39. The van der Waals surface area contributed by atoms with Gasteiger partial charge in [-0.3, -0.25) is 0 Å². The first-order chi connectivity index (χ1) is 14.3. The number of methoxy groups -OCH3 is 1. The number of halogens is 3. The summed E-state index contributed by atoms with van der Waals surface area (Å²) in [5.74, 6) is 0.257. The van der Waals surface area contributed by atoms with Gasteiger partial charge in [-0.05, 0) is 21.7 Å². The lowest BCUT2D eigenvalue weighted by molar-refractivity contribution is -0.714. The monoisotopic (exact) mass is 421 g/mol. The molecule has 0 aliphatic carbocycles. The molecule has 1 atom stereocenters. The summed E-state index contributed by atoms with van der Waals surface area (Å²) in [7, 11) is 2.96. The Morgan fingerprint density at radius 3 is 2.73 bits per heavy atom. The summed E-state index contributed by atoms with van der Waals surface area (Å²) in [6.45, 7) is 0.0698. The molecule has 0 radical (unpaired) electrons. The van der Waals surface area contributed by atoms with E-state index in [9.17, 15) is 18.1 Å². The molecule has 1 heterocycles. The largest absolute Gasteiger partial charge is 0.461 e. The van der Waals surface area contributed by atoms with E-state index in [-0.39, 0.29) is 18.9 Å². The number of alkyl halides is 3. The van der Waals surface area contributed by atoms with Gasteiger partial charge in [-0.25, -0.2) is 0 Å². The molecule has 1 unspecified atom stereocenters. The van der Waals surface area contributed by atoms with Crippen LogP contribution in [-0.4, -0.2) is 36.3 Å². The molecule has 1 aliphatic heterocycles. The molecule has 3 rings (SSSR count). The molecule has 30 heavy (non-hydrogen) atoms. The van der Waals surface area contributed by atoms with Gasteiger partial charge in [0.05, 0.1) is 29.7 Å². The van der Waals surface area contributed by atoms with E-state index in [4.69, 9.17) is 9.57 Å². The quantitative estimate of drug-likeness (QED) is 0.400. The molecule has 0 fully saturated rings. The van der Waals surface area contributed by atoms with Crippen molar-refractivity contribution >= 4 is 12.1 Å². The van der Waals surface area contributed by atoms with Crippen LogP contribution in [0.15, 0.2) is 58.8 Å². The van der Waals surface area contributed by atoms with Crippen LogP contribution in [0.2, 0.25) is 0 Å². The predicted octanol–water partition coefficient (Wildman–Crippen LogP) is 4.09. The Balaban J connectivity index is 1.64. The number of nitrogens with zero attached hydrogens (tertiary/aromatic N) is 4. The first kappa shape index (κ1) is 21.3. The predicted molar refractivity (Wildman–Crippen MR) is 103 cm³/mol. The Labute approximate surface area is 170 Å². The Morgan fingerprint density at radius 1 is 1.23 bits per heavy atom. The normalized spacial score (nSPS) is 16.8. The number of rotatable bonds is 6. The molecule has 0 aromatic heterocycles. The van der Waals surface area contributed by atoms with Crippen LogP contribution in [0.3, 0.4) is 0 Å². The van der Waals surface area contributed by atoms with E-state index < -0.39 is 17.8 Å². The van der Waals surface area contributed by atoms with Crippen LogP contribution in [-0.2, 0) is 28.8 Å². The average molecular weight is 421 g/mol. The van der Waals surface area contributed by atoms with E-state index in [0.29, 0.717) is 21.6 Å². The summed E-state index contributed by atoms with van der Waals surface area (Å²) in [5.41, 5.74) is 1.13. The molecular formula is C20H20F3N4O3+. The van der Waals surface area contributed by atoms with E-state index in [1.807, 2.05) is 0 Å². The van der Waals surface area contributed by atoms with Crippen LogP contribution in [0, 0.1) is 4.91 Å². The zero-order valence-corrected chi connectivity index (χ0v) is 16.3. The van der Waals surface area contributed by atoms with Gasteiger partial charge in [0.1, 0.15) is 6.61 Å². The van der Waals surface area contributed by atoms with Gasteiger partial charge in [-0.15, -0.1) is 0 Å². The zero-order valence-electron chi connectivity index (χ0n) is 16.3. The van der Waals surface area contributed by atoms with Gasteiger partial charge in [-0.1, -0.05) is 47.6 Å². The molecule has 10 heteroatoms. The van der Waals surface area contributed by atoms with Crippen molar-refractivity contribution in [2.45, 2.75) is 25.2 Å². The second-order valence-electron chi connectivity index (χ2n) is 6.50. The molecule has 0 amide bonds. The summed E-state index contributed by atoms with van der Waals surface area (Å²) in [6, 6.07) is 11.4. The Bertz CT molecular complexity index is 976. The van der Waals surface area contributed by atoms with Crippen molar-refractivity contribution in [2.24, 2.45) is 10.3 Å². The van der Waals surface area contributed by atoms with Gasteiger partial charge in [0.15, 0.2) is 0 Å². The highest BCUT2D eigenvalue weighted by atomic mass is 19.4. The lowest BCUT2D eigenvalue weighted by atomic mass is 10.0. The van der Waals surface area contributed by atoms with Gasteiger partial charge in [0.25, 0.3) is 6.04 Å². The van der Waals surface area contributed by atoms with Crippen LogP contribution < -0.4 is 0 Å². The number of hydrogen-bond acceptors (Lipinski definition) is 5.